The van der Waals surface area contributed by atoms with Crippen molar-refractivity contribution in [3.8, 4) is 0 Å². The van der Waals surface area contributed by atoms with E-state index in [4.69, 9.17) is 0 Å². The van der Waals surface area contributed by atoms with Gasteiger partial charge >= 0.3 is 0 Å². The molecule has 144 valence electrons. The van der Waals surface area contributed by atoms with Crippen molar-refractivity contribution in [3.63, 3.8) is 0 Å². The van der Waals surface area contributed by atoms with Crippen LogP contribution in [0.1, 0.15) is 17.7 Å². The average molecular weight is 376 g/mol. The summed E-state index contributed by atoms with van der Waals surface area (Å²) >= 11 is 0. The van der Waals surface area contributed by atoms with E-state index in [1.807, 2.05) is 11.0 Å². The van der Waals surface area contributed by atoms with Gasteiger partial charge in [-0.25, -0.2) is 0 Å². The fraction of sp³-hybridized carbons (Fsp3) is 0.318. The van der Waals surface area contributed by atoms with Crippen LogP contribution >= 0.6 is 0 Å². The molecule has 0 saturated carbocycles. The Morgan fingerprint density at radius 1 is 1.11 bits per heavy atom. The summed E-state index contributed by atoms with van der Waals surface area (Å²) in [5.74, 6) is 0.130. The Labute approximate surface area is 163 Å². The standard InChI is InChI=1S/C22H24N4O2/c1-16-4-7-18(8-5-16)25-11-13-26(14-12-25)21(27)9-6-17-15-20-19(22(28)24-17)3-2-10-23-20/h2-5,7-8,10,15H,6,9,11-14H2,1H3,(H,24,28). The molecule has 0 radical (unpaired) electrons. The van der Waals surface area contributed by atoms with Crippen molar-refractivity contribution in [1.29, 1.82) is 0 Å². The van der Waals surface area contributed by atoms with E-state index in [-0.39, 0.29) is 11.5 Å². The number of aromatic amines is 1. The van der Waals surface area contributed by atoms with Gasteiger partial charge in [-0.2, -0.15) is 0 Å². The minimum Gasteiger partial charge on any atom is -0.368 e. The van der Waals surface area contributed by atoms with Crippen LogP contribution in [-0.4, -0.2) is 47.0 Å². The number of rotatable bonds is 4. The lowest BCUT2D eigenvalue weighted by molar-refractivity contribution is -0.131. The number of carbonyl (C=O) groups is 1. The number of H-pyrrole nitrogens is 1. The fourth-order valence-electron chi connectivity index (χ4n) is 3.64. The van der Waals surface area contributed by atoms with Crippen molar-refractivity contribution in [2.45, 2.75) is 19.8 Å². The van der Waals surface area contributed by atoms with Gasteiger partial charge in [-0.15, -0.1) is 0 Å². The molecule has 3 aromatic rings. The predicted octanol–water partition coefficient (Wildman–Crippen LogP) is 2.51. The van der Waals surface area contributed by atoms with Gasteiger partial charge < -0.3 is 14.8 Å². The van der Waals surface area contributed by atoms with Gasteiger partial charge in [0.1, 0.15) is 0 Å². The van der Waals surface area contributed by atoms with Crippen LogP contribution < -0.4 is 10.5 Å². The summed E-state index contributed by atoms with van der Waals surface area (Å²) in [6, 6.07) is 13.9. The van der Waals surface area contributed by atoms with Crippen LogP contribution in [0.5, 0.6) is 0 Å². The Balaban J connectivity index is 1.34. The number of hydrogen-bond donors (Lipinski definition) is 1. The SMILES string of the molecule is Cc1ccc(N2CCN(C(=O)CCc3cc4ncccc4c(=O)[nH]3)CC2)cc1. The van der Waals surface area contributed by atoms with Crippen LogP contribution in [0, 0.1) is 6.92 Å². The molecule has 1 fully saturated rings. The second kappa shape index (κ2) is 7.84. The topological polar surface area (TPSA) is 69.3 Å². The largest absolute Gasteiger partial charge is 0.368 e. The van der Waals surface area contributed by atoms with E-state index in [2.05, 4.69) is 46.1 Å². The van der Waals surface area contributed by atoms with Crippen molar-refractivity contribution in [3.05, 3.63) is 70.3 Å². The molecule has 1 aliphatic rings. The number of piperazine rings is 1. The normalized spacial score (nSPS) is 14.5. The number of hydrogen-bond acceptors (Lipinski definition) is 4. The minimum absolute atomic E-state index is 0.130. The lowest BCUT2D eigenvalue weighted by Crippen LogP contribution is -2.48. The first-order chi connectivity index (χ1) is 13.6. The van der Waals surface area contributed by atoms with Crippen LogP contribution in [0.15, 0.2) is 53.5 Å². The highest BCUT2D eigenvalue weighted by molar-refractivity contribution is 5.78. The summed E-state index contributed by atoms with van der Waals surface area (Å²) in [4.78, 5) is 36.1. The number of amides is 1. The highest BCUT2D eigenvalue weighted by Gasteiger charge is 2.21. The fourth-order valence-corrected chi connectivity index (χ4v) is 3.64. The summed E-state index contributed by atoms with van der Waals surface area (Å²) < 4.78 is 0. The zero-order valence-electron chi connectivity index (χ0n) is 16.0. The second-order valence-corrected chi connectivity index (χ2v) is 7.26. The molecule has 0 aliphatic carbocycles. The number of aryl methyl sites for hydroxylation is 2. The van der Waals surface area contributed by atoms with Crippen molar-refractivity contribution >= 4 is 22.5 Å². The molecule has 28 heavy (non-hydrogen) atoms. The molecule has 3 heterocycles. The van der Waals surface area contributed by atoms with Crippen molar-refractivity contribution < 1.29 is 4.79 Å². The third-order valence-electron chi connectivity index (χ3n) is 5.31. The van der Waals surface area contributed by atoms with Gasteiger partial charge in [0.15, 0.2) is 0 Å². The number of nitrogens with one attached hydrogen (secondary N) is 1. The summed E-state index contributed by atoms with van der Waals surface area (Å²) in [6.45, 7) is 5.21. The van der Waals surface area contributed by atoms with Crippen LogP contribution in [-0.2, 0) is 11.2 Å². The van der Waals surface area contributed by atoms with Crippen LogP contribution in [0.4, 0.5) is 5.69 Å². The second-order valence-electron chi connectivity index (χ2n) is 7.26. The van der Waals surface area contributed by atoms with E-state index in [0.29, 0.717) is 23.7 Å². The third kappa shape index (κ3) is 3.91. The van der Waals surface area contributed by atoms with E-state index in [1.54, 1.807) is 18.3 Å². The molecule has 2 aromatic heterocycles. The number of pyridine rings is 2. The van der Waals surface area contributed by atoms with Gasteiger partial charge in [-0.3, -0.25) is 14.6 Å². The molecule has 0 bridgehead atoms. The first kappa shape index (κ1) is 18.2. The zero-order chi connectivity index (χ0) is 19.5. The smallest absolute Gasteiger partial charge is 0.257 e. The van der Waals surface area contributed by atoms with Crippen LogP contribution in [0.2, 0.25) is 0 Å². The Hall–Kier alpha value is -3.15. The van der Waals surface area contributed by atoms with Crippen molar-refractivity contribution in [2.75, 3.05) is 31.1 Å². The Bertz CT molecular complexity index is 1030. The average Bonchev–Trinajstić information content (AvgIpc) is 2.73. The van der Waals surface area contributed by atoms with E-state index >= 15 is 0 Å². The van der Waals surface area contributed by atoms with Gasteiger partial charge in [0.25, 0.3) is 5.56 Å². The van der Waals surface area contributed by atoms with E-state index in [1.165, 1.54) is 11.3 Å². The van der Waals surface area contributed by atoms with Gasteiger partial charge in [0.2, 0.25) is 5.91 Å². The van der Waals surface area contributed by atoms with Crippen LogP contribution in [0.3, 0.4) is 0 Å². The van der Waals surface area contributed by atoms with Gasteiger partial charge in [-0.05, 0) is 43.7 Å². The molecule has 4 rings (SSSR count). The van der Waals surface area contributed by atoms with E-state index in [0.717, 1.165) is 31.9 Å². The lowest BCUT2D eigenvalue weighted by Gasteiger charge is -2.36. The number of carbonyl (C=O) groups excluding carboxylic acids is 1. The van der Waals surface area contributed by atoms with E-state index < -0.39 is 0 Å². The highest BCUT2D eigenvalue weighted by atomic mass is 16.2. The monoisotopic (exact) mass is 376 g/mol. The van der Waals surface area contributed by atoms with E-state index in [9.17, 15) is 9.59 Å². The number of anilines is 1. The predicted molar refractivity (Wildman–Crippen MR) is 111 cm³/mol. The van der Waals surface area contributed by atoms with Crippen LogP contribution in [0.25, 0.3) is 10.9 Å². The lowest BCUT2D eigenvalue weighted by atomic mass is 10.1. The molecule has 1 amide bonds. The number of aromatic nitrogens is 2. The number of fused-ring (bicyclic) bond motifs is 1. The molecular weight excluding hydrogens is 352 g/mol. The molecule has 1 N–H and O–H groups in total. The Morgan fingerprint density at radius 3 is 2.61 bits per heavy atom. The van der Waals surface area contributed by atoms with Gasteiger partial charge in [0.05, 0.1) is 10.9 Å². The van der Waals surface area contributed by atoms with Gasteiger partial charge in [0, 0.05) is 50.2 Å². The quantitative estimate of drug-likeness (QED) is 0.760. The Morgan fingerprint density at radius 2 is 1.86 bits per heavy atom. The molecule has 0 spiro atoms. The maximum atomic E-state index is 12.6. The summed E-state index contributed by atoms with van der Waals surface area (Å²) in [5, 5.41) is 0.574. The maximum Gasteiger partial charge on any atom is 0.257 e. The number of benzene rings is 1. The Kier molecular flexibility index (Phi) is 5.10. The summed E-state index contributed by atoms with van der Waals surface area (Å²) in [7, 11) is 0. The molecule has 6 nitrogen and oxygen atoms in total. The van der Waals surface area contributed by atoms with Crippen molar-refractivity contribution in [2.24, 2.45) is 0 Å². The number of nitrogens with zero attached hydrogens (tertiary/aromatic N) is 3. The van der Waals surface area contributed by atoms with Crippen molar-refractivity contribution in [1.82, 2.24) is 14.9 Å². The maximum absolute atomic E-state index is 12.6. The first-order valence-electron chi connectivity index (χ1n) is 9.66. The zero-order valence-corrected chi connectivity index (χ0v) is 16.0. The molecule has 1 saturated heterocycles. The van der Waals surface area contributed by atoms with Gasteiger partial charge in [-0.1, -0.05) is 17.7 Å². The third-order valence-corrected chi connectivity index (χ3v) is 5.31. The summed E-state index contributed by atoms with van der Waals surface area (Å²) in [5.41, 5.74) is 3.72. The molecule has 0 unspecified atom stereocenters. The molecule has 1 aromatic carbocycles. The summed E-state index contributed by atoms with van der Waals surface area (Å²) in [6.07, 6.45) is 2.57. The molecular formula is C22H24N4O2. The minimum atomic E-state index is -0.153. The molecule has 1 aliphatic heterocycles. The first-order valence-corrected chi connectivity index (χ1v) is 9.66. The molecule has 0 atom stereocenters. The molecule has 6 heteroatoms. The highest BCUT2D eigenvalue weighted by Crippen LogP contribution is 2.17.